The number of fused-ring (bicyclic) bond motifs is 3. The Morgan fingerprint density at radius 3 is 2.75 bits per heavy atom. The number of aromatic hydroxyl groups is 1. The minimum Gasteiger partial charge on any atom is -0.506 e. The molecule has 5 nitrogen and oxygen atoms in total. The molecule has 3 N–H and O–H groups in total. The molecule has 3 heterocycles. The molecule has 0 aliphatic carbocycles. The van der Waals surface area contributed by atoms with Crippen molar-refractivity contribution in [1.29, 1.82) is 0 Å². The van der Waals surface area contributed by atoms with Gasteiger partial charge >= 0.3 is 11.6 Å². The number of hydrogen-bond acceptors (Lipinski definition) is 3. The average Bonchev–Trinajstić information content (AvgIpc) is 2.83. The van der Waals surface area contributed by atoms with Gasteiger partial charge in [0.2, 0.25) is 0 Å². The number of ether oxygens (including phenoxy) is 1. The van der Waals surface area contributed by atoms with E-state index in [9.17, 15) is 9.90 Å². The molecule has 2 atom stereocenters. The zero-order valence-corrected chi connectivity index (χ0v) is 16.5. The van der Waals surface area contributed by atoms with E-state index >= 15 is 0 Å². The Hall–Kier alpha value is -0.790. The van der Waals surface area contributed by atoms with E-state index in [4.69, 9.17) is 4.74 Å². The summed E-state index contributed by atoms with van der Waals surface area (Å²) in [5.41, 5.74) is 0.0282. The third-order valence-corrected chi connectivity index (χ3v) is 6.99. The number of quaternary nitrogens is 1. The quantitative estimate of drug-likeness (QED) is 0.601. The van der Waals surface area contributed by atoms with Gasteiger partial charge in [-0.3, -0.25) is 9.69 Å². The number of piperidine rings is 1. The van der Waals surface area contributed by atoms with Crippen LogP contribution in [0.25, 0.3) is 0 Å². The van der Waals surface area contributed by atoms with Crippen LogP contribution in [0.3, 0.4) is 0 Å². The van der Waals surface area contributed by atoms with Gasteiger partial charge in [0.15, 0.2) is 0 Å². The molecule has 3 aliphatic heterocycles. The number of halogens is 2. The highest BCUT2D eigenvalue weighted by atomic mass is 79.9. The highest BCUT2D eigenvalue weighted by molar-refractivity contribution is 9.11. The van der Waals surface area contributed by atoms with E-state index in [0.29, 0.717) is 21.2 Å². The smallest absolute Gasteiger partial charge is 0.328 e. The third-order valence-electron chi connectivity index (χ3n) is 5.58. The molecule has 2 fully saturated rings. The summed E-state index contributed by atoms with van der Waals surface area (Å²) in [4.78, 5) is 14.3. The summed E-state index contributed by atoms with van der Waals surface area (Å²) in [5, 5.41) is 13.4. The predicted octanol–water partition coefficient (Wildman–Crippen LogP) is 2.07. The normalized spacial score (nSPS) is 30.1. The van der Waals surface area contributed by atoms with Gasteiger partial charge in [-0.25, -0.2) is 0 Å². The molecular weight excluding hydrogens is 440 g/mol. The first-order chi connectivity index (χ1) is 11.6. The predicted molar refractivity (Wildman–Crippen MR) is 96.4 cm³/mol. The summed E-state index contributed by atoms with van der Waals surface area (Å²) in [6, 6.07) is 1.79. The largest absolute Gasteiger partial charge is 0.506 e. The lowest BCUT2D eigenvalue weighted by Crippen LogP contribution is -3.23. The van der Waals surface area contributed by atoms with Gasteiger partial charge in [0.1, 0.15) is 11.5 Å². The summed E-state index contributed by atoms with van der Waals surface area (Å²) in [6.07, 6.45) is 5.24. The van der Waals surface area contributed by atoms with Crippen molar-refractivity contribution in [2.75, 3.05) is 19.6 Å². The molecule has 1 amide bonds. The number of rotatable bonds is 1. The van der Waals surface area contributed by atoms with Crippen molar-refractivity contribution in [3.8, 4) is 11.5 Å². The van der Waals surface area contributed by atoms with Gasteiger partial charge in [-0.1, -0.05) is 0 Å². The van der Waals surface area contributed by atoms with E-state index in [1.54, 1.807) is 6.07 Å². The lowest BCUT2D eigenvalue weighted by Gasteiger charge is -2.39. The van der Waals surface area contributed by atoms with Crippen molar-refractivity contribution in [3.63, 3.8) is 0 Å². The van der Waals surface area contributed by atoms with Crippen molar-refractivity contribution >= 4 is 37.8 Å². The molecule has 0 aromatic heterocycles. The van der Waals surface area contributed by atoms with Gasteiger partial charge in [0, 0.05) is 12.1 Å². The lowest BCUT2D eigenvalue weighted by molar-refractivity contribution is -0.967. The van der Waals surface area contributed by atoms with Gasteiger partial charge in [0.25, 0.3) is 0 Å². The number of hydrogen-bond donors (Lipinski definition) is 3. The van der Waals surface area contributed by atoms with E-state index in [1.807, 2.05) is 0 Å². The second-order valence-electron chi connectivity index (χ2n) is 6.89. The van der Waals surface area contributed by atoms with E-state index in [2.05, 4.69) is 37.2 Å². The number of carbonyl (C=O) groups excluding carboxylic acids is 1. The Bertz CT molecular complexity index is 691. The van der Waals surface area contributed by atoms with Crippen LogP contribution in [0.15, 0.2) is 15.0 Å². The molecule has 4 rings (SSSR count). The van der Waals surface area contributed by atoms with E-state index < -0.39 is 5.72 Å². The maximum absolute atomic E-state index is 13.1. The van der Waals surface area contributed by atoms with Crippen LogP contribution in [0.1, 0.15) is 43.6 Å². The molecule has 0 unspecified atom stereocenters. The topological polar surface area (TPSA) is 63.0 Å². The van der Waals surface area contributed by atoms with Crippen molar-refractivity contribution < 1.29 is 19.5 Å². The number of amides is 1. The molecule has 24 heavy (non-hydrogen) atoms. The van der Waals surface area contributed by atoms with Crippen molar-refractivity contribution in [2.45, 2.75) is 43.7 Å². The number of likely N-dealkylation sites (tertiary alicyclic amines) is 1. The minimum absolute atomic E-state index is 0.0133. The van der Waals surface area contributed by atoms with E-state index in [0.717, 1.165) is 44.3 Å². The van der Waals surface area contributed by atoms with Crippen molar-refractivity contribution in [3.05, 3.63) is 20.6 Å². The van der Waals surface area contributed by atoms with Crippen LogP contribution in [-0.4, -0.2) is 36.4 Å². The second kappa shape index (κ2) is 6.18. The molecule has 0 bridgehead atoms. The second-order valence-corrected chi connectivity index (χ2v) is 8.53. The van der Waals surface area contributed by atoms with Gasteiger partial charge in [-0.15, -0.1) is 0 Å². The first-order valence-electron chi connectivity index (χ1n) is 8.59. The standard InChI is InChI=1S/C17H20Br2N2O3/c18-11-9-12-13(14(19)15(11)22)10-5-4-6-20-16(23)17(10,24-12)21-7-2-1-3-8-21/h9-10,22H,1-8H2,(H,20,23)/p+1/t10-,17+/m1/s1. The molecule has 0 spiro atoms. The number of nitrogens with one attached hydrogen (secondary N) is 2. The molecule has 0 saturated carbocycles. The Morgan fingerprint density at radius 2 is 2.00 bits per heavy atom. The summed E-state index contributed by atoms with van der Waals surface area (Å²) >= 11 is 6.91. The monoisotopic (exact) mass is 459 g/mol. The fraction of sp³-hybridized carbons (Fsp3) is 0.588. The molecule has 2 saturated heterocycles. The summed E-state index contributed by atoms with van der Waals surface area (Å²) in [7, 11) is 0. The first-order valence-corrected chi connectivity index (χ1v) is 10.2. The minimum atomic E-state index is -0.908. The van der Waals surface area contributed by atoms with Crippen LogP contribution in [-0.2, 0) is 4.79 Å². The molecule has 130 valence electrons. The Labute approximate surface area is 158 Å². The zero-order chi connectivity index (χ0) is 16.9. The highest BCUT2D eigenvalue weighted by Gasteiger charge is 2.63. The highest BCUT2D eigenvalue weighted by Crippen LogP contribution is 2.53. The van der Waals surface area contributed by atoms with Gasteiger partial charge in [-0.05, 0) is 70.0 Å². The number of benzene rings is 1. The Morgan fingerprint density at radius 1 is 1.25 bits per heavy atom. The maximum atomic E-state index is 13.1. The Balaban J connectivity index is 1.88. The van der Waals surface area contributed by atoms with Crippen LogP contribution in [0, 0.1) is 0 Å². The van der Waals surface area contributed by atoms with Gasteiger partial charge in [-0.2, -0.15) is 0 Å². The van der Waals surface area contributed by atoms with E-state index in [-0.39, 0.29) is 17.6 Å². The summed E-state index contributed by atoms with van der Waals surface area (Å²) in [6.45, 7) is 2.58. The lowest BCUT2D eigenvalue weighted by atomic mass is 9.84. The molecule has 3 aliphatic rings. The van der Waals surface area contributed by atoms with Crippen LogP contribution in [0.4, 0.5) is 0 Å². The summed E-state index contributed by atoms with van der Waals surface area (Å²) in [5.74, 6) is 0.815. The molecule has 1 aromatic rings. The van der Waals surface area contributed by atoms with Crippen molar-refractivity contribution in [1.82, 2.24) is 5.32 Å². The molecule has 1 aromatic carbocycles. The van der Waals surface area contributed by atoms with Crippen LogP contribution < -0.4 is 15.0 Å². The molecule has 7 heteroatoms. The van der Waals surface area contributed by atoms with Crippen LogP contribution in [0.5, 0.6) is 11.5 Å². The fourth-order valence-electron chi connectivity index (χ4n) is 4.48. The van der Waals surface area contributed by atoms with Crippen LogP contribution in [0.2, 0.25) is 0 Å². The van der Waals surface area contributed by atoms with Gasteiger partial charge < -0.3 is 15.2 Å². The summed E-state index contributed by atoms with van der Waals surface area (Å²) < 4.78 is 7.65. The molecular formula is C17H21Br2N2O3+. The SMILES string of the molecule is O=C1NCCC[C@@H]2c3c(cc(Br)c(O)c3Br)O[C@]12[NH+]1CCCCC1. The third kappa shape index (κ3) is 2.31. The Kier molecular flexibility index (Phi) is 4.29. The van der Waals surface area contributed by atoms with Gasteiger partial charge in [0.05, 0.1) is 28.0 Å². The molecule has 0 radical (unpaired) electrons. The van der Waals surface area contributed by atoms with Crippen molar-refractivity contribution in [2.24, 2.45) is 0 Å². The zero-order valence-electron chi connectivity index (χ0n) is 13.3. The average molecular weight is 461 g/mol. The van der Waals surface area contributed by atoms with E-state index in [1.165, 1.54) is 11.3 Å². The fourth-order valence-corrected chi connectivity index (χ4v) is 5.84. The maximum Gasteiger partial charge on any atom is 0.328 e. The number of carbonyl (C=O) groups is 1. The number of phenols is 1. The number of phenolic OH excluding ortho intramolecular Hbond substituents is 1. The van der Waals surface area contributed by atoms with Crippen LogP contribution >= 0.6 is 31.9 Å². The first kappa shape index (κ1) is 16.7.